The Hall–Kier alpha value is -1.00. The lowest BCUT2D eigenvalue weighted by atomic mass is 10.1. The number of benzene rings is 1. The molecule has 0 bridgehead atoms. The summed E-state index contributed by atoms with van der Waals surface area (Å²) in [6, 6.07) is 6.15. The van der Waals surface area contributed by atoms with Crippen LogP contribution in [-0.4, -0.2) is 18.2 Å². The molecule has 0 spiro atoms. The normalized spacial score (nSPS) is 23.2. The number of amides is 1. The Morgan fingerprint density at radius 2 is 2.11 bits per heavy atom. The lowest BCUT2D eigenvalue weighted by Crippen LogP contribution is -2.23. The Labute approximate surface area is 112 Å². The number of likely N-dealkylation sites (N-methyl/N-ethyl adjacent to an activating group) is 1. The topological polar surface area (TPSA) is 41.1 Å². The van der Waals surface area contributed by atoms with E-state index in [2.05, 4.69) is 28.8 Å². The van der Waals surface area contributed by atoms with Gasteiger partial charge in [-0.3, -0.25) is 4.79 Å². The van der Waals surface area contributed by atoms with Gasteiger partial charge < -0.3 is 10.6 Å². The molecule has 1 aliphatic heterocycles. The maximum atomic E-state index is 11.7. The number of hydrogen-bond acceptors (Lipinski definition) is 3. The van der Waals surface area contributed by atoms with E-state index in [9.17, 15) is 4.79 Å². The van der Waals surface area contributed by atoms with E-state index in [0.717, 1.165) is 16.5 Å². The van der Waals surface area contributed by atoms with Crippen molar-refractivity contribution in [2.75, 3.05) is 12.4 Å². The van der Waals surface area contributed by atoms with Gasteiger partial charge in [-0.2, -0.15) is 0 Å². The third-order valence-electron chi connectivity index (χ3n) is 3.75. The van der Waals surface area contributed by atoms with E-state index in [0.29, 0.717) is 0 Å². The lowest BCUT2D eigenvalue weighted by Gasteiger charge is -2.10. The van der Waals surface area contributed by atoms with Crippen LogP contribution in [0.2, 0.25) is 0 Å². The smallest absolute Gasteiger partial charge is 0.246 e. The number of hydrogen-bond donors (Lipinski definition) is 2. The Balaban J connectivity index is 1.79. The summed E-state index contributed by atoms with van der Waals surface area (Å²) >= 11 is 1.96. The fourth-order valence-corrected chi connectivity index (χ4v) is 4.09. The molecule has 0 saturated heterocycles. The van der Waals surface area contributed by atoms with Gasteiger partial charge in [0.25, 0.3) is 0 Å². The summed E-state index contributed by atoms with van der Waals surface area (Å²) in [7, 11) is 1.82. The van der Waals surface area contributed by atoms with Gasteiger partial charge in [-0.15, -0.1) is 11.8 Å². The van der Waals surface area contributed by atoms with Crippen LogP contribution in [0.4, 0.5) is 5.69 Å². The second-order valence-electron chi connectivity index (χ2n) is 4.98. The van der Waals surface area contributed by atoms with E-state index in [4.69, 9.17) is 0 Å². The van der Waals surface area contributed by atoms with Crippen molar-refractivity contribution in [1.29, 1.82) is 0 Å². The van der Waals surface area contributed by atoms with Crippen LogP contribution in [0.25, 0.3) is 0 Å². The molecular weight excluding hydrogens is 244 g/mol. The predicted molar refractivity (Wildman–Crippen MR) is 75.0 cm³/mol. The standard InChI is InChI=1S/C14H18N2OS/c1-15-13-11-7-6-10(8-12(11)16-14(13)17)18-9-4-2-3-5-9/h6-9,13,15H,2-5H2,1H3,(H,16,17). The largest absolute Gasteiger partial charge is 0.324 e. The third-order valence-corrected chi connectivity index (χ3v) is 5.08. The third kappa shape index (κ3) is 2.15. The molecule has 0 radical (unpaired) electrons. The molecule has 1 heterocycles. The van der Waals surface area contributed by atoms with Crippen LogP contribution in [0.1, 0.15) is 37.3 Å². The van der Waals surface area contributed by atoms with Crippen molar-refractivity contribution in [2.24, 2.45) is 0 Å². The first-order chi connectivity index (χ1) is 8.78. The number of anilines is 1. The molecule has 1 amide bonds. The van der Waals surface area contributed by atoms with Crippen molar-refractivity contribution in [2.45, 2.75) is 41.9 Å². The highest BCUT2D eigenvalue weighted by Crippen LogP contribution is 2.38. The first-order valence-electron chi connectivity index (χ1n) is 6.56. The van der Waals surface area contributed by atoms with Crippen molar-refractivity contribution in [3.63, 3.8) is 0 Å². The first kappa shape index (κ1) is 12.1. The van der Waals surface area contributed by atoms with Gasteiger partial charge in [-0.05, 0) is 32.0 Å². The van der Waals surface area contributed by atoms with Crippen LogP contribution in [0.3, 0.4) is 0 Å². The SMILES string of the molecule is CNC1C(=O)Nc2cc(SC3CCCC3)ccc21. The Kier molecular flexibility index (Phi) is 3.31. The molecule has 1 saturated carbocycles. The van der Waals surface area contributed by atoms with Crippen molar-refractivity contribution >= 4 is 23.4 Å². The second-order valence-corrected chi connectivity index (χ2v) is 6.36. The summed E-state index contributed by atoms with van der Waals surface area (Å²) in [5.74, 6) is 0.0514. The molecule has 1 aromatic rings. The number of nitrogens with one attached hydrogen (secondary N) is 2. The Bertz CT molecular complexity index is 469. The molecule has 1 unspecified atom stereocenters. The Morgan fingerprint density at radius 1 is 1.33 bits per heavy atom. The number of carbonyl (C=O) groups excluding carboxylic acids is 1. The highest BCUT2D eigenvalue weighted by Gasteiger charge is 2.29. The van der Waals surface area contributed by atoms with E-state index >= 15 is 0 Å². The average molecular weight is 262 g/mol. The summed E-state index contributed by atoms with van der Waals surface area (Å²) in [5.41, 5.74) is 2.04. The van der Waals surface area contributed by atoms with E-state index in [-0.39, 0.29) is 11.9 Å². The molecule has 1 aromatic carbocycles. The lowest BCUT2D eigenvalue weighted by molar-refractivity contribution is -0.117. The van der Waals surface area contributed by atoms with Gasteiger partial charge in [0, 0.05) is 21.4 Å². The fourth-order valence-electron chi connectivity index (χ4n) is 2.80. The first-order valence-corrected chi connectivity index (χ1v) is 7.44. The maximum absolute atomic E-state index is 11.7. The highest BCUT2D eigenvalue weighted by atomic mass is 32.2. The van der Waals surface area contributed by atoms with Crippen molar-refractivity contribution in [3.8, 4) is 0 Å². The zero-order valence-electron chi connectivity index (χ0n) is 10.5. The summed E-state index contributed by atoms with van der Waals surface area (Å²) in [6.07, 6.45) is 5.38. The molecular formula is C14H18N2OS. The number of thioether (sulfide) groups is 1. The zero-order valence-corrected chi connectivity index (χ0v) is 11.3. The molecule has 18 heavy (non-hydrogen) atoms. The zero-order chi connectivity index (χ0) is 12.5. The van der Waals surface area contributed by atoms with Crippen molar-refractivity contribution < 1.29 is 4.79 Å². The minimum atomic E-state index is -0.189. The quantitative estimate of drug-likeness (QED) is 0.880. The van der Waals surface area contributed by atoms with Gasteiger partial charge in [-0.25, -0.2) is 0 Å². The minimum Gasteiger partial charge on any atom is -0.324 e. The molecule has 3 rings (SSSR count). The number of fused-ring (bicyclic) bond motifs is 1. The minimum absolute atomic E-state index is 0.0514. The van der Waals surface area contributed by atoms with Crippen LogP contribution in [-0.2, 0) is 4.79 Å². The van der Waals surface area contributed by atoms with Gasteiger partial charge >= 0.3 is 0 Å². The van der Waals surface area contributed by atoms with E-state index in [1.54, 1.807) is 0 Å². The summed E-state index contributed by atoms with van der Waals surface area (Å²) in [4.78, 5) is 13.0. The van der Waals surface area contributed by atoms with E-state index in [1.807, 2.05) is 18.8 Å². The van der Waals surface area contributed by atoms with Crippen LogP contribution in [0, 0.1) is 0 Å². The van der Waals surface area contributed by atoms with Gasteiger partial charge in [-0.1, -0.05) is 18.9 Å². The fraction of sp³-hybridized carbons (Fsp3) is 0.500. The van der Waals surface area contributed by atoms with Gasteiger partial charge in [0.1, 0.15) is 6.04 Å². The van der Waals surface area contributed by atoms with Crippen LogP contribution in [0.15, 0.2) is 23.1 Å². The average Bonchev–Trinajstić information content (AvgIpc) is 2.95. The van der Waals surface area contributed by atoms with Crippen LogP contribution >= 0.6 is 11.8 Å². The molecule has 1 fully saturated rings. The van der Waals surface area contributed by atoms with Crippen molar-refractivity contribution in [1.82, 2.24) is 5.32 Å². The monoisotopic (exact) mass is 262 g/mol. The summed E-state index contributed by atoms with van der Waals surface area (Å²) < 4.78 is 0. The van der Waals surface area contributed by atoms with Crippen LogP contribution in [0.5, 0.6) is 0 Å². The maximum Gasteiger partial charge on any atom is 0.246 e. The molecule has 1 aliphatic carbocycles. The summed E-state index contributed by atoms with van der Waals surface area (Å²) in [5, 5.41) is 6.76. The van der Waals surface area contributed by atoms with Gasteiger partial charge in [0.15, 0.2) is 0 Å². The molecule has 0 aromatic heterocycles. The van der Waals surface area contributed by atoms with E-state index < -0.39 is 0 Å². The molecule has 1 atom stereocenters. The molecule has 3 nitrogen and oxygen atoms in total. The predicted octanol–water partition coefficient (Wildman–Crippen LogP) is 2.93. The second kappa shape index (κ2) is 4.94. The molecule has 96 valence electrons. The highest BCUT2D eigenvalue weighted by molar-refractivity contribution is 8.00. The van der Waals surface area contributed by atoms with Gasteiger partial charge in [0.05, 0.1) is 0 Å². The molecule has 2 N–H and O–H groups in total. The Morgan fingerprint density at radius 3 is 2.83 bits per heavy atom. The van der Waals surface area contributed by atoms with Gasteiger partial charge in [0.2, 0.25) is 5.91 Å². The number of carbonyl (C=O) groups is 1. The molecule has 2 aliphatic rings. The van der Waals surface area contributed by atoms with Crippen molar-refractivity contribution in [3.05, 3.63) is 23.8 Å². The summed E-state index contributed by atoms with van der Waals surface area (Å²) in [6.45, 7) is 0. The molecule has 4 heteroatoms. The van der Waals surface area contributed by atoms with Crippen LogP contribution < -0.4 is 10.6 Å². The number of rotatable bonds is 3. The van der Waals surface area contributed by atoms with E-state index in [1.165, 1.54) is 30.6 Å².